The number of H-pyrrole nitrogens is 1. The Bertz CT molecular complexity index is 272. The van der Waals surface area contributed by atoms with Crippen LogP contribution in [0.15, 0.2) is 12.4 Å². The van der Waals surface area contributed by atoms with E-state index >= 15 is 0 Å². The zero-order valence-electron chi connectivity index (χ0n) is 8.95. The fourth-order valence-corrected chi connectivity index (χ4v) is 1.10. The quantitative estimate of drug-likeness (QED) is 0.660. The summed E-state index contributed by atoms with van der Waals surface area (Å²) in [6.07, 6.45) is 4.94. The van der Waals surface area contributed by atoms with Gasteiger partial charge in [-0.3, -0.25) is 9.89 Å². The standard InChI is InChI=1S/C10H17N3O2/c1-2-5-15-6-3-4-11-10(14)9-7-12-13-8-9/h7-8H,2-6H2,1H3,(H,11,14)(H,12,13). The van der Waals surface area contributed by atoms with Gasteiger partial charge < -0.3 is 10.1 Å². The summed E-state index contributed by atoms with van der Waals surface area (Å²) in [6.45, 7) is 4.18. The van der Waals surface area contributed by atoms with E-state index in [1.165, 1.54) is 6.20 Å². The lowest BCUT2D eigenvalue weighted by Crippen LogP contribution is -2.24. The minimum absolute atomic E-state index is 0.0979. The molecular formula is C10H17N3O2. The summed E-state index contributed by atoms with van der Waals surface area (Å²) >= 11 is 0. The smallest absolute Gasteiger partial charge is 0.254 e. The van der Waals surface area contributed by atoms with Crippen LogP contribution in [0.2, 0.25) is 0 Å². The number of hydrogen-bond acceptors (Lipinski definition) is 3. The molecule has 1 rings (SSSR count). The normalized spacial score (nSPS) is 10.2. The average molecular weight is 211 g/mol. The van der Waals surface area contributed by atoms with E-state index < -0.39 is 0 Å². The second-order valence-corrected chi connectivity index (χ2v) is 3.21. The van der Waals surface area contributed by atoms with Crippen molar-refractivity contribution in [3.05, 3.63) is 18.0 Å². The Labute approximate surface area is 89.2 Å². The van der Waals surface area contributed by atoms with Gasteiger partial charge in [0.2, 0.25) is 0 Å². The van der Waals surface area contributed by atoms with Crippen LogP contribution in [-0.2, 0) is 4.74 Å². The fraction of sp³-hybridized carbons (Fsp3) is 0.600. The predicted molar refractivity (Wildman–Crippen MR) is 56.6 cm³/mol. The van der Waals surface area contributed by atoms with Crippen LogP contribution in [-0.4, -0.2) is 35.9 Å². The van der Waals surface area contributed by atoms with Crippen molar-refractivity contribution in [3.8, 4) is 0 Å². The van der Waals surface area contributed by atoms with E-state index in [0.717, 1.165) is 19.4 Å². The first kappa shape index (κ1) is 11.7. The van der Waals surface area contributed by atoms with Gasteiger partial charge in [0.15, 0.2) is 0 Å². The zero-order chi connectivity index (χ0) is 10.9. The molecule has 1 heterocycles. The molecule has 0 bridgehead atoms. The number of carbonyl (C=O) groups excluding carboxylic acids is 1. The molecule has 5 heteroatoms. The van der Waals surface area contributed by atoms with E-state index in [-0.39, 0.29) is 5.91 Å². The highest BCUT2D eigenvalue weighted by Crippen LogP contribution is 1.92. The van der Waals surface area contributed by atoms with Crippen molar-refractivity contribution in [2.45, 2.75) is 19.8 Å². The van der Waals surface area contributed by atoms with E-state index in [4.69, 9.17) is 4.74 Å². The Morgan fingerprint density at radius 2 is 2.47 bits per heavy atom. The second-order valence-electron chi connectivity index (χ2n) is 3.21. The minimum Gasteiger partial charge on any atom is -0.381 e. The highest BCUT2D eigenvalue weighted by molar-refractivity contribution is 5.93. The average Bonchev–Trinajstić information content (AvgIpc) is 2.76. The molecule has 0 unspecified atom stereocenters. The Morgan fingerprint density at radius 1 is 1.60 bits per heavy atom. The fourth-order valence-electron chi connectivity index (χ4n) is 1.10. The molecule has 1 amide bonds. The Morgan fingerprint density at radius 3 is 3.13 bits per heavy atom. The number of amides is 1. The molecule has 0 aromatic carbocycles. The maximum atomic E-state index is 11.4. The maximum Gasteiger partial charge on any atom is 0.254 e. The number of aromatic nitrogens is 2. The molecule has 1 aromatic heterocycles. The van der Waals surface area contributed by atoms with E-state index in [2.05, 4.69) is 22.4 Å². The van der Waals surface area contributed by atoms with Gasteiger partial charge in [0.25, 0.3) is 5.91 Å². The Balaban J connectivity index is 2.03. The number of carbonyl (C=O) groups is 1. The van der Waals surface area contributed by atoms with Gasteiger partial charge in [-0.2, -0.15) is 5.10 Å². The molecule has 0 aliphatic rings. The summed E-state index contributed by atoms with van der Waals surface area (Å²) in [7, 11) is 0. The molecule has 0 saturated heterocycles. The summed E-state index contributed by atoms with van der Waals surface area (Å²) in [5.41, 5.74) is 0.560. The molecule has 0 saturated carbocycles. The van der Waals surface area contributed by atoms with Crippen LogP contribution in [0.4, 0.5) is 0 Å². The van der Waals surface area contributed by atoms with E-state index in [9.17, 15) is 4.79 Å². The number of aromatic amines is 1. The Kier molecular flexibility index (Phi) is 5.47. The van der Waals surface area contributed by atoms with Gasteiger partial charge in [-0.05, 0) is 12.8 Å². The highest BCUT2D eigenvalue weighted by atomic mass is 16.5. The summed E-state index contributed by atoms with van der Waals surface area (Å²) in [5.74, 6) is -0.0979. The van der Waals surface area contributed by atoms with Crippen molar-refractivity contribution in [1.82, 2.24) is 15.5 Å². The number of nitrogens with zero attached hydrogens (tertiary/aromatic N) is 1. The minimum atomic E-state index is -0.0979. The van der Waals surface area contributed by atoms with Crippen LogP contribution in [0.25, 0.3) is 0 Å². The van der Waals surface area contributed by atoms with Crippen molar-refractivity contribution < 1.29 is 9.53 Å². The summed E-state index contributed by atoms with van der Waals surface area (Å²) in [4.78, 5) is 11.4. The molecule has 0 atom stereocenters. The summed E-state index contributed by atoms with van der Waals surface area (Å²) in [5, 5.41) is 9.08. The third-order valence-electron chi connectivity index (χ3n) is 1.86. The first-order valence-electron chi connectivity index (χ1n) is 5.19. The topological polar surface area (TPSA) is 67.0 Å². The summed E-state index contributed by atoms with van der Waals surface area (Å²) < 4.78 is 5.29. The van der Waals surface area contributed by atoms with Gasteiger partial charge in [0, 0.05) is 26.0 Å². The van der Waals surface area contributed by atoms with Crippen molar-refractivity contribution in [2.24, 2.45) is 0 Å². The second kappa shape index (κ2) is 7.00. The zero-order valence-corrected chi connectivity index (χ0v) is 8.95. The van der Waals surface area contributed by atoms with Crippen LogP contribution < -0.4 is 5.32 Å². The molecule has 0 spiro atoms. The number of hydrogen-bond donors (Lipinski definition) is 2. The highest BCUT2D eigenvalue weighted by Gasteiger charge is 2.04. The monoisotopic (exact) mass is 211 g/mol. The number of rotatable bonds is 7. The molecule has 15 heavy (non-hydrogen) atoms. The van der Waals surface area contributed by atoms with Crippen molar-refractivity contribution in [2.75, 3.05) is 19.8 Å². The number of nitrogens with one attached hydrogen (secondary N) is 2. The first-order valence-corrected chi connectivity index (χ1v) is 5.19. The van der Waals surface area contributed by atoms with Crippen molar-refractivity contribution in [1.29, 1.82) is 0 Å². The molecule has 0 radical (unpaired) electrons. The predicted octanol–water partition coefficient (Wildman–Crippen LogP) is 0.956. The molecule has 84 valence electrons. The molecule has 0 aliphatic heterocycles. The lowest BCUT2D eigenvalue weighted by atomic mass is 10.3. The molecule has 2 N–H and O–H groups in total. The van der Waals surface area contributed by atoms with E-state index in [1.807, 2.05) is 0 Å². The van der Waals surface area contributed by atoms with Gasteiger partial charge in [-0.15, -0.1) is 0 Å². The molecule has 0 fully saturated rings. The first-order chi connectivity index (χ1) is 7.34. The number of ether oxygens (including phenoxy) is 1. The van der Waals surface area contributed by atoms with Gasteiger partial charge in [-0.1, -0.05) is 6.92 Å². The van der Waals surface area contributed by atoms with Gasteiger partial charge in [-0.25, -0.2) is 0 Å². The molecular weight excluding hydrogens is 194 g/mol. The van der Waals surface area contributed by atoms with Crippen LogP contribution in [0, 0.1) is 0 Å². The maximum absolute atomic E-state index is 11.4. The van der Waals surface area contributed by atoms with Crippen molar-refractivity contribution >= 4 is 5.91 Å². The van der Waals surface area contributed by atoms with Gasteiger partial charge in [0.1, 0.15) is 0 Å². The van der Waals surface area contributed by atoms with E-state index in [0.29, 0.717) is 18.7 Å². The molecule has 1 aromatic rings. The van der Waals surface area contributed by atoms with Crippen molar-refractivity contribution in [3.63, 3.8) is 0 Å². The lowest BCUT2D eigenvalue weighted by molar-refractivity contribution is 0.0941. The van der Waals surface area contributed by atoms with Crippen LogP contribution in [0.5, 0.6) is 0 Å². The lowest BCUT2D eigenvalue weighted by Gasteiger charge is -2.03. The third kappa shape index (κ3) is 4.60. The largest absolute Gasteiger partial charge is 0.381 e. The van der Waals surface area contributed by atoms with Crippen LogP contribution >= 0.6 is 0 Å². The third-order valence-corrected chi connectivity index (χ3v) is 1.86. The van der Waals surface area contributed by atoms with Gasteiger partial charge >= 0.3 is 0 Å². The SMILES string of the molecule is CCCOCCCNC(=O)c1cn[nH]c1. The summed E-state index contributed by atoms with van der Waals surface area (Å²) in [6, 6.07) is 0. The Hall–Kier alpha value is -1.36. The van der Waals surface area contributed by atoms with E-state index in [1.54, 1.807) is 6.20 Å². The van der Waals surface area contributed by atoms with Crippen LogP contribution in [0.3, 0.4) is 0 Å². The van der Waals surface area contributed by atoms with Crippen LogP contribution in [0.1, 0.15) is 30.1 Å². The molecule has 0 aliphatic carbocycles. The molecule has 5 nitrogen and oxygen atoms in total. The van der Waals surface area contributed by atoms with Gasteiger partial charge in [0.05, 0.1) is 11.8 Å².